The van der Waals surface area contributed by atoms with Gasteiger partial charge in [0.1, 0.15) is 30.0 Å². The number of methoxy groups -OCH3 is 1. The smallest absolute Gasteiger partial charge is 0.311 e. The van der Waals surface area contributed by atoms with E-state index in [1.54, 1.807) is 41.5 Å². The summed E-state index contributed by atoms with van der Waals surface area (Å²) in [7, 11) is 3.35. The molecule has 5 N–H and O–H groups in total. The lowest BCUT2D eigenvalue weighted by Gasteiger charge is -2.48. The van der Waals surface area contributed by atoms with Crippen molar-refractivity contribution in [2.45, 2.75) is 186 Å². The van der Waals surface area contributed by atoms with Gasteiger partial charge >= 0.3 is 5.97 Å². The number of likely N-dealkylation sites (N-methyl/N-ethyl adjacent to an activating group) is 1. The minimum atomic E-state index is -1.79. The van der Waals surface area contributed by atoms with Crippen LogP contribution < -0.4 is 0 Å². The molecule has 13 nitrogen and oxygen atoms in total. The molecule has 0 saturated carbocycles. The second-order valence-electron chi connectivity index (χ2n) is 16.1. The Morgan fingerprint density at radius 2 is 1.55 bits per heavy atom. The maximum Gasteiger partial charge on any atom is 0.311 e. The highest BCUT2D eigenvalue weighted by Crippen LogP contribution is 2.40. The van der Waals surface area contributed by atoms with Gasteiger partial charge in [0.2, 0.25) is 0 Å². The Morgan fingerprint density at radius 3 is 2.14 bits per heavy atom. The molecule has 3 saturated heterocycles. The summed E-state index contributed by atoms with van der Waals surface area (Å²) in [5, 5.41) is 57.2. The molecule has 0 spiro atoms. The van der Waals surface area contributed by atoms with Gasteiger partial charge in [0, 0.05) is 32.0 Å². The van der Waals surface area contributed by atoms with E-state index in [1.165, 1.54) is 14.0 Å². The predicted molar refractivity (Wildman–Crippen MR) is 181 cm³/mol. The first-order valence-corrected chi connectivity index (χ1v) is 18.2. The number of nitrogens with zero attached hydrogens (tertiary/aromatic N) is 1. The highest BCUT2D eigenvalue weighted by atomic mass is 16.7. The Bertz CT molecular complexity index is 1060. The van der Waals surface area contributed by atoms with Gasteiger partial charge in [-0.2, -0.15) is 0 Å². The van der Waals surface area contributed by atoms with Crippen LogP contribution in [0.25, 0.3) is 0 Å². The molecule has 0 aromatic carbocycles. The minimum Gasteiger partial charge on any atom is -0.459 e. The van der Waals surface area contributed by atoms with E-state index in [1.807, 2.05) is 32.7 Å². The topological polar surface area (TPSA) is 177 Å². The van der Waals surface area contributed by atoms with E-state index in [0.717, 1.165) is 0 Å². The van der Waals surface area contributed by atoms with E-state index < -0.39 is 96.0 Å². The van der Waals surface area contributed by atoms with Crippen LogP contribution in [0, 0.1) is 17.8 Å². The summed E-state index contributed by atoms with van der Waals surface area (Å²) < 4.78 is 37.1. The maximum atomic E-state index is 14.1. The summed E-state index contributed by atoms with van der Waals surface area (Å²) >= 11 is 0. The molecule has 288 valence electrons. The third-order valence-electron chi connectivity index (χ3n) is 11.5. The van der Waals surface area contributed by atoms with E-state index in [0.29, 0.717) is 19.4 Å². The predicted octanol–water partition coefficient (Wildman–Crippen LogP) is 2.36. The van der Waals surface area contributed by atoms with Crippen molar-refractivity contribution in [1.82, 2.24) is 4.90 Å². The zero-order chi connectivity index (χ0) is 37.2. The molecule has 3 heterocycles. The number of carbonyl (C=O) groups excluding carboxylic acids is 1. The Balaban J connectivity index is 2.14. The van der Waals surface area contributed by atoms with Crippen LogP contribution in [0.15, 0.2) is 0 Å². The van der Waals surface area contributed by atoms with Gasteiger partial charge < -0.3 is 58.9 Å². The first kappa shape index (κ1) is 42.4. The summed E-state index contributed by atoms with van der Waals surface area (Å²) in [5.41, 5.74) is -4.32. The average molecular weight is 706 g/mol. The second-order valence-corrected chi connectivity index (χ2v) is 16.1. The highest BCUT2D eigenvalue weighted by Gasteiger charge is 2.52. The summed E-state index contributed by atoms with van der Waals surface area (Å²) in [5.74, 6) is -2.51. The number of hydrogen-bond acceptors (Lipinski definition) is 13. The number of carbonyl (C=O) groups is 1. The van der Waals surface area contributed by atoms with Gasteiger partial charge in [-0.3, -0.25) is 4.79 Å². The van der Waals surface area contributed by atoms with Gasteiger partial charge in [0.15, 0.2) is 12.6 Å². The zero-order valence-electron chi connectivity index (χ0n) is 31.9. The zero-order valence-corrected chi connectivity index (χ0v) is 31.9. The van der Waals surface area contributed by atoms with Crippen LogP contribution in [0.5, 0.6) is 0 Å². The summed E-state index contributed by atoms with van der Waals surface area (Å²) in [6.07, 6.45) is -7.23. The molecule has 13 heteroatoms. The van der Waals surface area contributed by atoms with Crippen molar-refractivity contribution in [2.24, 2.45) is 17.8 Å². The Labute approximate surface area is 293 Å². The van der Waals surface area contributed by atoms with Crippen molar-refractivity contribution in [1.29, 1.82) is 0 Å². The molecule has 3 aliphatic rings. The molecule has 0 radical (unpaired) electrons. The first-order valence-electron chi connectivity index (χ1n) is 18.2. The lowest BCUT2D eigenvalue weighted by Crippen LogP contribution is -2.59. The van der Waals surface area contributed by atoms with Crippen molar-refractivity contribution in [3.8, 4) is 0 Å². The van der Waals surface area contributed by atoms with Gasteiger partial charge in [-0.1, -0.05) is 20.8 Å². The van der Waals surface area contributed by atoms with Crippen LogP contribution in [0.2, 0.25) is 0 Å². The second kappa shape index (κ2) is 16.8. The maximum absolute atomic E-state index is 14.1. The van der Waals surface area contributed by atoms with Gasteiger partial charge in [-0.05, 0) is 87.1 Å². The van der Waals surface area contributed by atoms with E-state index in [-0.39, 0.29) is 31.3 Å². The third-order valence-corrected chi connectivity index (χ3v) is 11.5. The number of esters is 1. The third kappa shape index (κ3) is 9.72. The van der Waals surface area contributed by atoms with Crippen LogP contribution in [0.4, 0.5) is 0 Å². The largest absolute Gasteiger partial charge is 0.459 e. The summed E-state index contributed by atoms with van der Waals surface area (Å²) in [6, 6.07) is -0.525. The van der Waals surface area contributed by atoms with Crippen LogP contribution in [0.3, 0.4) is 0 Å². The molecule has 17 atom stereocenters. The molecule has 0 aliphatic carbocycles. The molecule has 0 aromatic heterocycles. The number of aliphatic hydroxyl groups excluding tert-OH is 3. The highest BCUT2D eigenvalue weighted by molar-refractivity contribution is 5.73. The Hall–Kier alpha value is -0.970. The van der Waals surface area contributed by atoms with E-state index in [2.05, 4.69) is 0 Å². The van der Waals surface area contributed by atoms with Gasteiger partial charge in [-0.25, -0.2) is 0 Å². The molecular formula is C36H67NO12. The SMILES string of the molecule is CC[C@H]1OC(=O)[C@H](C)[C@@H](O[C@H]2C[C@@](C)(OC)[C@@H](O)[C@H](C)O2)[C@H](C)[C@@H](O[C@@H]2O[C@H](C)CC[C@H]2O)[C@](C)(O)C[C@@H](C)CN(C)[C@H](C)[C@@H](O)[C@]1(C)O. The normalized spacial score (nSPS) is 50.3. The fourth-order valence-corrected chi connectivity index (χ4v) is 8.13. The fraction of sp³-hybridized carbons (Fsp3) is 0.972. The molecule has 3 rings (SSSR count). The quantitative estimate of drug-likeness (QED) is 0.255. The summed E-state index contributed by atoms with van der Waals surface area (Å²) in [4.78, 5) is 16.0. The number of rotatable bonds is 6. The number of cyclic esters (lactones) is 1. The van der Waals surface area contributed by atoms with Crippen LogP contribution in [-0.4, -0.2) is 141 Å². The molecule has 0 aromatic rings. The average Bonchev–Trinajstić information content (AvgIpc) is 3.02. The standard InChI is InChI=1S/C36H67NO12/c1-13-26-36(10,43)29(39)23(6)37(11)18-19(2)16-34(8,42)31(49-33-25(38)15-14-20(3)45-33)21(4)28(22(5)32(41)47-26)48-27-17-35(9,44-12)30(40)24(7)46-27/h19-31,33,38-40,42-43H,13-18H2,1-12H3/t19-,20-,21+,22-,23-,24+,25-,26-,27+,28+,29-,30+,31-,33+,34-,35-,36-/m1/s1. The van der Waals surface area contributed by atoms with Crippen molar-refractivity contribution < 1.29 is 58.7 Å². The lowest BCUT2D eigenvalue weighted by molar-refractivity contribution is -0.314. The Morgan fingerprint density at radius 1 is 0.918 bits per heavy atom. The van der Waals surface area contributed by atoms with Crippen molar-refractivity contribution in [2.75, 3.05) is 20.7 Å². The van der Waals surface area contributed by atoms with Crippen LogP contribution >= 0.6 is 0 Å². The van der Waals surface area contributed by atoms with Crippen molar-refractivity contribution in [3.05, 3.63) is 0 Å². The van der Waals surface area contributed by atoms with E-state index >= 15 is 0 Å². The molecular weight excluding hydrogens is 638 g/mol. The minimum absolute atomic E-state index is 0.123. The van der Waals surface area contributed by atoms with Crippen LogP contribution in [-0.2, 0) is 33.2 Å². The van der Waals surface area contributed by atoms with E-state index in [9.17, 15) is 30.3 Å². The molecule has 3 aliphatic heterocycles. The van der Waals surface area contributed by atoms with E-state index in [4.69, 9.17) is 28.4 Å². The number of aliphatic hydroxyl groups is 5. The van der Waals surface area contributed by atoms with Crippen molar-refractivity contribution in [3.63, 3.8) is 0 Å². The molecule has 0 bridgehead atoms. The van der Waals surface area contributed by atoms with Gasteiger partial charge in [-0.15, -0.1) is 0 Å². The monoisotopic (exact) mass is 705 g/mol. The fourth-order valence-electron chi connectivity index (χ4n) is 8.13. The van der Waals surface area contributed by atoms with Crippen LogP contribution in [0.1, 0.15) is 101 Å². The first-order chi connectivity index (χ1) is 22.6. The van der Waals surface area contributed by atoms with Crippen molar-refractivity contribution >= 4 is 5.97 Å². The van der Waals surface area contributed by atoms with Gasteiger partial charge in [0.05, 0.1) is 41.5 Å². The Kier molecular flexibility index (Phi) is 14.5. The molecule has 3 fully saturated rings. The molecule has 0 unspecified atom stereocenters. The summed E-state index contributed by atoms with van der Waals surface area (Å²) in [6.45, 7) is 18.0. The van der Waals surface area contributed by atoms with Gasteiger partial charge in [0.25, 0.3) is 0 Å². The lowest BCUT2D eigenvalue weighted by atomic mass is 9.77. The number of ether oxygens (including phenoxy) is 6. The number of hydrogen-bond donors (Lipinski definition) is 5. The molecule has 0 amide bonds. The molecule has 49 heavy (non-hydrogen) atoms.